The van der Waals surface area contributed by atoms with Gasteiger partial charge in [0.1, 0.15) is 0 Å². The summed E-state index contributed by atoms with van der Waals surface area (Å²) >= 11 is 0. The van der Waals surface area contributed by atoms with Crippen LogP contribution >= 0.6 is 0 Å². The summed E-state index contributed by atoms with van der Waals surface area (Å²) in [4.78, 5) is 14.8. The van der Waals surface area contributed by atoms with Gasteiger partial charge in [0, 0.05) is 6.92 Å². The molecule has 0 heterocycles. The summed E-state index contributed by atoms with van der Waals surface area (Å²) in [6.07, 6.45) is 0.135. The number of aliphatic imine (C=N–C) groups is 1. The van der Waals surface area contributed by atoms with Gasteiger partial charge in [-0.05, 0) is 31.5 Å². The second-order valence-corrected chi connectivity index (χ2v) is 4.03. The first-order chi connectivity index (χ1) is 7.97. The molecule has 0 aliphatic heterocycles. The monoisotopic (exact) mass is 235 g/mol. The second-order valence-electron chi connectivity index (χ2n) is 4.03. The highest BCUT2D eigenvalue weighted by Gasteiger charge is 2.01. The minimum Gasteiger partial charge on any atom is -0.481 e. The van der Waals surface area contributed by atoms with Gasteiger partial charge in [-0.3, -0.25) is 4.79 Å². The number of nitrogens with zero attached hydrogens (tertiary/aromatic N) is 1. The molecule has 0 atom stereocenters. The molecule has 0 radical (unpaired) electrons. The van der Waals surface area contributed by atoms with Crippen molar-refractivity contribution in [1.82, 2.24) is 0 Å². The molecule has 1 N–H and O–H groups in total. The number of carbonyl (C=O) groups is 1. The normalized spacial score (nSPS) is 11.6. The topological polar surface area (TPSA) is 58.9 Å². The van der Waals surface area contributed by atoms with Gasteiger partial charge in [0.25, 0.3) is 0 Å². The maximum Gasteiger partial charge on any atom is 0.307 e. The van der Waals surface area contributed by atoms with Crippen LogP contribution in [-0.4, -0.2) is 23.1 Å². The molecule has 4 nitrogen and oxygen atoms in total. The minimum absolute atomic E-state index is 0.0332. The second kappa shape index (κ2) is 6.03. The fourth-order valence-electron chi connectivity index (χ4n) is 1.41. The third kappa shape index (κ3) is 5.15. The molecule has 0 unspecified atom stereocenters. The average Bonchev–Trinajstić information content (AvgIpc) is 2.18. The fourth-order valence-corrected chi connectivity index (χ4v) is 1.41. The van der Waals surface area contributed by atoms with Crippen LogP contribution in [0.3, 0.4) is 0 Å². The van der Waals surface area contributed by atoms with Gasteiger partial charge < -0.3 is 9.84 Å². The van der Waals surface area contributed by atoms with Crippen LogP contribution in [0.2, 0.25) is 0 Å². The van der Waals surface area contributed by atoms with Crippen molar-refractivity contribution in [3.63, 3.8) is 0 Å². The van der Waals surface area contributed by atoms with Crippen LogP contribution in [0, 0.1) is 0 Å². The lowest BCUT2D eigenvalue weighted by Crippen LogP contribution is -2.07. The van der Waals surface area contributed by atoms with E-state index < -0.39 is 5.97 Å². The zero-order valence-electron chi connectivity index (χ0n) is 10.3. The summed E-state index contributed by atoms with van der Waals surface area (Å²) in [5, 5.41) is 8.63. The van der Waals surface area contributed by atoms with Gasteiger partial charge in [0.15, 0.2) is 5.90 Å². The molecule has 0 saturated carbocycles. The Hall–Kier alpha value is -1.84. The molecule has 0 aliphatic rings. The summed E-state index contributed by atoms with van der Waals surface area (Å²) < 4.78 is 5.40. The molecule has 1 aromatic rings. The van der Waals surface area contributed by atoms with Gasteiger partial charge in [-0.25, -0.2) is 4.99 Å². The first-order valence-corrected chi connectivity index (χ1v) is 5.50. The van der Waals surface area contributed by atoms with Gasteiger partial charge >= 0.3 is 5.97 Å². The van der Waals surface area contributed by atoms with Crippen LogP contribution in [-0.2, 0) is 16.0 Å². The summed E-state index contributed by atoms with van der Waals surface area (Å²) in [7, 11) is 0. The number of ether oxygens (including phenoxy) is 1. The van der Waals surface area contributed by atoms with Gasteiger partial charge in [0.05, 0.1) is 18.2 Å². The Morgan fingerprint density at radius 3 is 2.41 bits per heavy atom. The number of carboxylic acid groups (broad SMARTS) is 1. The fraction of sp³-hybridized carbons (Fsp3) is 0.385. The molecule has 0 aliphatic carbocycles. The van der Waals surface area contributed by atoms with E-state index in [1.165, 1.54) is 0 Å². The van der Waals surface area contributed by atoms with Gasteiger partial charge in [-0.1, -0.05) is 12.1 Å². The maximum absolute atomic E-state index is 10.5. The van der Waals surface area contributed by atoms with Crippen molar-refractivity contribution >= 4 is 17.6 Å². The molecule has 1 aromatic carbocycles. The van der Waals surface area contributed by atoms with Crippen molar-refractivity contribution in [2.75, 3.05) is 0 Å². The van der Waals surface area contributed by atoms with E-state index in [0.29, 0.717) is 5.90 Å². The zero-order chi connectivity index (χ0) is 12.8. The Labute approximate surface area is 101 Å². The molecule has 0 aromatic heterocycles. The molecule has 4 heteroatoms. The molecule has 92 valence electrons. The zero-order valence-corrected chi connectivity index (χ0v) is 10.3. The van der Waals surface area contributed by atoms with E-state index in [4.69, 9.17) is 9.84 Å². The van der Waals surface area contributed by atoms with Crippen molar-refractivity contribution < 1.29 is 14.6 Å². The molecule has 0 spiro atoms. The molecule has 0 saturated heterocycles. The summed E-state index contributed by atoms with van der Waals surface area (Å²) in [6, 6.07) is 7.09. The van der Waals surface area contributed by atoms with E-state index in [-0.39, 0.29) is 12.5 Å². The van der Waals surface area contributed by atoms with Crippen LogP contribution in [0.25, 0.3) is 0 Å². The van der Waals surface area contributed by atoms with Gasteiger partial charge in [-0.2, -0.15) is 0 Å². The minimum atomic E-state index is -0.833. The van der Waals surface area contributed by atoms with E-state index in [0.717, 1.165) is 11.3 Å². The van der Waals surface area contributed by atoms with E-state index >= 15 is 0 Å². The van der Waals surface area contributed by atoms with Crippen LogP contribution < -0.4 is 0 Å². The van der Waals surface area contributed by atoms with Crippen molar-refractivity contribution in [3.05, 3.63) is 29.8 Å². The number of hydrogen-bond donors (Lipinski definition) is 1. The van der Waals surface area contributed by atoms with Gasteiger partial charge in [-0.15, -0.1) is 0 Å². The summed E-state index contributed by atoms with van der Waals surface area (Å²) in [5.41, 5.74) is 1.52. The SMILES string of the molecule is C/C(=N/c1ccc(CC(=O)O)cc1)OC(C)C. The first kappa shape index (κ1) is 13.2. The Balaban J connectivity index is 2.70. The maximum atomic E-state index is 10.5. The predicted molar refractivity (Wildman–Crippen MR) is 66.8 cm³/mol. The average molecular weight is 235 g/mol. The molecular formula is C13H17NO3. The number of benzene rings is 1. The highest BCUT2D eigenvalue weighted by atomic mass is 16.5. The number of rotatable bonds is 4. The van der Waals surface area contributed by atoms with E-state index in [1.54, 1.807) is 31.2 Å². The summed E-state index contributed by atoms with van der Waals surface area (Å²) in [6.45, 7) is 5.68. The molecule has 17 heavy (non-hydrogen) atoms. The van der Waals surface area contributed by atoms with Crippen LogP contribution in [0.5, 0.6) is 0 Å². The van der Waals surface area contributed by atoms with Crippen molar-refractivity contribution in [2.24, 2.45) is 4.99 Å². The quantitative estimate of drug-likeness (QED) is 0.644. The standard InChI is InChI=1S/C13H17NO3/c1-9(2)17-10(3)14-12-6-4-11(5-7-12)8-13(15)16/h4-7,9H,8H2,1-3H3,(H,15,16)/b14-10-. The van der Waals surface area contributed by atoms with Crippen molar-refractivity contribution in [2.45, 2.75) is 33.3 Å². The lowest BCUT2D eigenvalue weighted by Gasteiger charge is -2.08. The molecule has 1 rings (SSSR count). The molecule has 0 amide bonds. The number of carboxylic acids is 1. The third-order valence-corrected chi connectivity index (χ3v) is 1.98. The first-order valence-electron chi connectivity index (χ1n) is 5.50. The lowest BCUT2D eigenvalue weighted by atomic mass is 10.1. The highest BCUT2D eigenvalue weighted by molar-refractivity contribution is 5.77. The Morgan fingerprint density at radius 2 is 1.94 bits per heavy atom. The Morgan fingerprint density at radius 1 is 1.35 bits per heavy atom. The van der Waals surface area contributed by atoms with Gasteiger partial charge in [0.2, 0.25) is 0 Å². The largest absolute Gasteiger partial charge is 0.481 e. The highest BCUT2D eigenvalue weighted by Crippen LogP contribution is 2.14. The van der Waals surface area contributed by atoms with E-state index in [1.807, 2.05) is 13.8 Å². The number of hydrogen-bond acceptors (Lipinski definition) is 3. The number of aliphatic carboxylic acids is 1. The molecule has 0 bridgehead atoms. The Kier molecular flexibility index (Phi) is 4.69. The Bertz CT molecular complexity index is 407. The van der Waals surface area contributed by atoms with Crippen LogP contribution in [0.1, 0.15) is 26.3 Å². The van der Waals surface area contributed by atoms with Crippen LogP contribution in [0.15, 0.2) is 29.3 Å². The third-order valence-electron chi connectivity index (χ3n) is 1.98. The lowest BCUT2D eigenvalue weighted by molar-refractivity contribution is -0.136. The van der Waals surface area contributed by atoms with Crippen LogP contribution in [0.4, 0.5) is 5.69 Å². The predicted octanol–water partition coefficient (Wildman–Crippen LogP) is 2.79. The van der Waals surface area contributed by atoms with E-state index in [2.05, 4.69) is 4.99 Å². The molecular weight excluding hydrogens is 218 g/mol. The van der Waals surface area contributed by atoms with E-state index in [9.17, 15) is 4.79 Å². The summed E-state index contributed by atoms with van der Waals surface area (Å²) in [5.74, 6) is -0.230. The smallest absolute Gasteiger partial charge is 0.307 e. The molecule has 0 fully saturated rings. The van der Waals surface area contributed by atoms with Crippen molar-refractivity contribution in [1.29, 1.82) is 0 Å². The van der Waals surface area contributed by atoms with Crippen molar-refractivity contribution in [3.8, 4) is 0 Å².